The van der Waals surface area contributed by atoms with E-state index >= 15 is 0 Å². The molecule has 1 aromatic heterocycles. The summed E-state index contributed by atoms with van der Waals surface area (Å²) in [6.45, 7) is 2.63. The van der Waals surface area contributed by atoms with E-state index < -0.39 is 0 Å². The second kappa shape index (κ2) is 7.22. The molecule has 0 aromatic carbocycles. The zero-order chi connectivity index (χ0) is 14.4. The molecule has 0 atom stereocenters. The average molecular weight is 275 g/mol. The van der Waals surface area contributed by atoms with Gasteiger partial charge in [-0.2, -0.15) is 5.26 Å². The molecule has 0 bridgehead atoms. The predicted octanol–water partition coefficient (Wildman–Crippen LogP) is 1.54. The molecule has 5 heteroatoms. The van der Waals surface area contributed by atoms with Crippen LogP contribution in [0.5, 0.6) is 0 Å². The molecule has 0 radical (unpaired) electrons. The Morgan fingerprint density at radius 2 is 1.95 bits per heavy atom. The van der Waals surface area contributed by atoms with E-state index in [1.165, 1.54) is 5.56 Å². The Bertz CT molecular complexity index is 489. The third-order valence-corrected chi connectivity index (χ3v) is 3.58. The van der Waals surface area contributed by atoms with Crippen molar-refractivity contribution in [2.24, 2.45) is 0 Å². The first-order valence-corrected chi connectivity index (χ1v) is 6.96. The highest BCUT2D eigenvalue weighted by atomic mass is 16.5. The monoisotopic (exact) mass is 275 g/mol. The van der Waals surface area contributed by atoms with E-state index in [0.717, 1.165) is 30.8 Å². The maximum absolute atomic E-state index is 9.37. The third kappa shape index (κ3) is 3.27. The number of anilines is 1. The zero-order valence-electron chi connectivity index (χ0n) is 12.2. The van der Waals surface area contributed by atoms with E-state index in [2.05, 4.69) is 11.0 Å². The van der Waals surface area contributed by atoms with Crippen LogP contribution in [0.2, 0.25) is 0 Å². The number of fused-ring (bicyclic) bond motifs is 1. The Hall–Kier alpha value is -1.64. The standard InChI is InChI=1S/C15H21N3O2/c1-19-8-6-18(7-9-20-2)15-13(11-16)10-12-4-3-5-14(12)17-15/h10H,3-9H2,1-2H3. The maximum Gasteiger partial charge on any atom is 0.146 e. The van der Waals surface area contributed by atoms with Crippen molar-refractivity contribution in [3.8, 4) is 6.07 Å². The van der Waals surface area contributed by atoms with E-state index in [4.69, 9.17) is 14.5 Å². The highest BCUT2D eigenvalue weighted by molar-refractivity contribution is 5.56. The molecule has 5 nitrogen and oxygen atoms in total. The van der Waals surface area contributed by atoms with Crippen LogP contribution in [0, 0.1) is 11.3 Å². The summed E-state index contributed by atoms with van der Waals surface area (Å²) in [5.41, 5.74) is 3.01. The fourth-order valence-corrected chi connectivity index (χ4v) is 2.51. The van der Waals surface area contributed by atoms with Crippen molar-refractivity contribution in [1.82, 2.24) is 4.98 Å². The summed E-state index contributed by atoms with van der Waals surface area (Å²) in [6.07, 6.45) is 3.18. The zero-order valence-corrected chi connectivity index (χ0v) is 12.2. The average Bonchev–Trinajstić information content (AvgIpc) is 2.93. The van der Waals surface area contributed by atoms with E-state index in [9.17, 15) is 5.26 Å². The normalized spacial score (nSPS) is 13.1. The minimum atomic E-state index is 0.605. The van der Waals surface area contributed by atoms with Crippen LogP contribution < -0.4 is 4.90 Å². The minimum absolute atomic E-state index is 0.605. The summed E-state index contributed by atoms with van der Waals surface area (Å²) in [6, 6.07) is 4.27. The topological polar surface area (TPSA) is 58.4 Å². The van der Waals surface area contributed by atoms with Crippen LogP contribution >= 0.6 is 0 Å². The number of hydrogen-bond acceptors (Lipinski definition) is 5. The fraction of sp³-hybridized carbons (Fsp3) is 0.600. The highest BCUT2D eigenvalue weighted by Gasteiger charge is 2.19. The number of rotatable bonds is 7. The second-order valence-corrected chi connectivity index (χ2v) is 4.90. The van der Waals surface area contributed by atoms with Crippen molar-refractivity contribution in [3.63, 3.8) is 0 Å². The van der Waals surface area contributed by atoms with E-state index in [0.29, 0.717) is 31.9 Å². The number of nitrogens with zero attached hydrogens (tertiary/aromatic N) is 3. The quantitative estimate of drug-likeness (QED) is 0.755. The molecule has 0 unspecified atom stereocenters. The van der Waals surface area contributed by atoms with Crippen molar-refractivity contribution in [1.29, 1.82) is 5.26 Å². The van der Waals surface area contributed by atoms with Gasteiger partial charge in [0.2, 0.25) is 0 Å². The molecule has 0 fully saturated rings. The van der Waals surface area contributed by atoms with Crippen molar-refractivity contribution in [2.45, 2.75) is 19.3 Å². The minimum Gasteiger partial charge on any atom is -0.383 e. The van der Waals surface area contributed by atoms with Crippen LogP contribution in [0.15, 0.2) is 6.07 Å². The molecule has 0 aliphatic heterocycles. The molecule has 108 valence electrons. The molecule has 1 aliphatic carbocycles. The van der Waals surface area contributed by atoms with Gasteiger partial charge in [0.25, 0.3) is 0 Å². The van der Waals surface area contributed by atoms with Crippen molar-refractivity contribution in [2.75, 3.05) is 45.4 Å². The van der Waals surface area contributed by atoms with Crippen LogP contribution in [-0.4, -0.2) is 45.5 Å². The molecule has 0 saturated heterocycles. The summed E-state index contributed by atoms with van der Waals surface area (Å²) in [4.78, 5) is 6.80. The molecule has 0 N–H and O–H groups in total. The Morgan fingerprint density at radius 3 is 2.55 bits per heavy atom. The summed E-state index contributed by atoms with van der Waals surface area (Å²) in [5.74, 6) is 0.766. The molecule has 20 heavy (non-hydrogen) atoms. The lowest BCUT2D eigenvalue weighted by molar-refractivity contribution is 0.190. The van der Waals surface area contributed by atoms with Crippen molar-refractivity contribution < 1.29 is 9.47 Å². The molecule has 1 aliphatic rings. The van der Waals surface area contributed by atoms with Crippen LogP contribution in [-0.2, 0) is 22.3 Å². The van der Waals surface area contributed by atoms with Crippen LogP contribution in [0.4, 0.5) is 5.82 Å². The molecular formula is C15H21N3O2. The number of aromatic nitrogens is 1. The summed E-state index contributed by atoms with van der Waals surface area (Å²) < 4.78 is 10.3. The maximum atomic E-state index is 9.37. The molecule has 0 spiro atoms. The van der Waals surface area contributed by atoms with Gasteiger partial charge in [-0.25, -0.2) is 4.98 Å². The van der Waals surface area contributed by atoms with Gasteiger partial charge in [-0.05, 0) is 30.9 Å². The summed E-state index contributed by atoms with van der Waals surface area (Å²) >= 11 is 0. The summed E-state index contributed by atoms with van der Waals surface area (Å²) in [5, 5.41) is 9.37. The molecular weight excluding hydrogens is 254 g/mol. The molecule has 0 saturated carbocycles. The SMILES string of the molecule is COCCN(CCOC)c1nc2c(cc1C#N)CCC2. The van der Waals surface area contributed by atoms with E-state index in [-0.39, 0.29) is 0 Å². The number of nitriles is 1. The lowest BCUT2D eigenvalue weighted by atomic mass is 10.1. The van der Waals surface area contributed by atoms with Crippen LogP contribution in [0.3, 0.4) is 0 Å². The Balaban J connectivity index is 2.28. The van der Waals surface area contributed by atoms with Gasteiger partial charge in [-0.3, -0.25) is 0 Å². The number of aryl methyl sites for hydroxylation is 2. The van der Waals surface area contributed by atoms with Crippen LogP contribution in [0.1, 0.15) is 23.2 Å². The largest absolute Gasteiger partial charge is 0.383 e. The van der Waals surface area contributed by atoms with Gasteiger partial charge in [0.1, 0.15) is 11.9 Å². The third-order valence-electron chi connectivity index (χ3n) is 3.58. The number of methoxy groups -OCH3 is 2. The lowest BCUT2D eigenvalue weighted by Crippen LogP contribution is -2.32. The molecule has 1 aromatic rings. The molecule has 1 heterocycles. The Morgan fingerprint density at radius 1 is 1.25 bits per heavy atom. The van der Waals surface area contributed by atoms with Gasteiger partial charge in [-0.1, -0.05) is 0 Å². The van der Waals surface area contributed by atoms with E-state index in [1.807, 2.05) is 6.07 Å². The molecule has 2 rings (SSSR count). The lowest BCUT2D eigenvalue weighted by Gasteiger charge is -2.24. The Labute approximate surface area is 120 Å². The summed E-state index contributed by atoms with van der Waals surface area (Å²) in [7, 11) is 3.35. The number of hydrogen-bond donors (Lipinski definition) is 0. The fourth-order valence-electron chi connectivity index (χ4n) is 2.51. The Kier molecular flexibility index (Phi) is 5.33. The molecule has 0 amide bonds. The van der Waals surface area contributed by atoms with Crippen LogP contribution in [0.25, 0.3) is 0 Å². The van der Waals surface area contributed by atoms with Gasteiger partial charge in [0, 0.05) is 33.0 Å². The first kappa shape index (κ1) is 14.8. The first-order chi connectivity index (χ1) is 9.80. The smallest absolute Gasteiger partial charge is 0.146 e. The van der Waals surface area contributed by atoms with Gasteiger partial charge in [0.15, 0.2) is 0 Å². The highest BCUT2D eigenvalue weighted by Crippen LogP contribution is 2.26. The first-order valence-electron chi connectivity index (χ1n) is 6.96. The number of ether oxygens (including phenoxy) is 2. The van der Waals surface area contributed by atoms with Gasteiger partial charge in [-0.15, -0.1) is 0 Å². The predicted molar refractivity (Wildman–Crippen MR) is 76.9 cm³/mol. The number of pyridine rings is 1. The van der Waals surface area contributed by atoms with Crippen molar-refractivity contribution in [3.05, 3.63) is 22.9 Å². The van der Waals surface area contributed by atoms with Crippen molar-refractivity contribution >= 4 is 5.82 Å². The van der Waals surface area contributed by atoms with Gasteiger partial charge in [0.05, 0.1) is 18.8 Å². The van der Waals surface area contributed by atoms with Gasteiger partial charge >= 0.3 is 0 Å². The van der Waals surface area contributed by atoms with Gasteiger partial charge < -0.3 is 14.4 Å². The second-order valence-electron chi connectivity index (χ2n) is 4.90. The van der Waals surface area contributed by atoms with E-state index in [1.54, 1.807) is 14.2 Å².